The van der Waals surface area contributed by atoms with Crippen molar-refractivity contribution in [3.8, 4) is 0 Å². The Bertz CT molecular complexity index is 1070. The average Bonchev–Trinajstić information content (AvgIpc) is 3.26. The topological polar surface area (TPSA) is 175 Å². The third-order valence-corrected chi connectivity index (χ3v) is 6.15. The van der Waals surface area contributed by atoms with E-state index in [2.05, 4.69) is 0 Å². The Labute approximate surface area is 205 Å². The first-order chi connectivity index (χ1) is 17.1. The molecule has 2 saturated heterocycles. The van der Waals surface area contributed by atoms with Crippen LogP contribution in [0.25, 0.3) is 0 Å². The van der Waals surface area contributed by atoms with Crippen molar-refractivity contribution in [3.63, 3.8) is 0 Å². The van der Waals surface area contributed by atoms with Gasteiger partial charge in [-0.1, -0.05) is 0 Å². The molecule has 2 fully saturated rings. The predicted octanol–water partition coefficient (Wildman–Crippen LogP) is -0.513. The van der Waals surface area contributed by atoms with Crippen LogP contribution in [0, 0.1) is 0 Å². The highest BCUT2D eigenvalue weighted by molar-refractivity contribution is 5.94. The molecule has 3 N–H and O–H groups in total. The number of carbonyl (C=O) groups excluding carboxylic acids is 3. The summed E-state index contributed by atoms with van der Waals surface area (Å²) in [6.07, 6.45) is -2.28. The second kappa shape index (κ2) is 10.3. The minimum Gasteiger partial charge on any atom is -0.478 e. The Morgan fingerprint density at radius 1 is 1.00 bits per heavy atom. The molecule has 12 heteroatoms. The van der Waals surface area contributed by atoms with Gasteiger partial charge in [0.25, 0.3) is 0 Å². The second-order valence-electron chi connectivity index (χ2n) is 8.63. The predicted molar refractivity (Wildman–Crippen MR) is 117 cm³/mol. The Morgan fingerprint density at radius 2 is 1.61 bits per heavy atom. The maximum atomic E-state index is 12.3. The number of fused-ring (bicyclic) bond motifs is 2. The van der Waals surface area contributed by atoms with Gasteiger partial charge in [-0.25, -0.2) is 19.2 Å². The van der Waals surface area contributed by atoms with Crippen molar-refractivity contribution in [3.05, 3.63) is 47.1 Å². The number of esters is 3. The third kappa shape index (κ3) is 5.12. The lowest BCUT2D eigenvalue weighted by atomic mass is 9.94. The molecule has 4 heterocycles. The molecule has 0 aromatic carbocycles. The summed E-state index contributed by atoms with van der Waals surface area (Å²) < 4.78 is 26.7. The van der Waals surface area contributed by atoms with Crippen molar-refractivity contribution in [2.45, 2.75) is 69.1 Å². The van der Waals surface area contributed by atoms with Gasteiger partial charge >= 0.3 is 23.9 Å². The zero-order valence-electron chi connectivity index (χ0n) is 19.4. The molecule has 4 aliphatic heterocycles. The molecule has 0 radical (unpaired) electrons. The lowest BCUT2D eigenvalue weighted by Gasteiger charge is -2.30. The van der Waals surface area contributed by atoms with Gasteiger partial charge in [0.15, 0.2) is 0 Å². The van der Waals surface area contributed by atoms with Crippen LogP contribution in [0.15, 0.2) is 47.1 Å². The summed E-state index contributed by atoms with van der Waals surface area (Å²) >= 11 is 0. The Morgan fingerprint density at radius 3 is 2.28 bits per heavy atom. The molecule has 36 heavy (non-hydrogen) atoms. The van der Waals surface area contributed by atoms with Crippen LogP contribution in [0.1, 0.15) is 20.3 Å². The SMILES string of the molecule is CCOC(=O)/C=C\[C@H]1O[C@H]2C(=C[C@H]1O)C(=O)O[C@H]2C/C(=C/[C@H]1O[C@H]2C(=C[C@H]1O)C(=O)O[C@H]2C)C(=O)O. The summed E-state index contributed by atoms with van der Waals surface area (Å²) in [5.74, 6) is -3.34. The number of carboxylic acids is 1. The van der Waals surface area contributed by atoms with Gasteiger partial charge < -0.3 is 39.0 Å². The molecular formula is C24H26O12. The summed E-state index contributed by atoms with van der Waals surface area (Å²) in [5.41, 5.74) is -0.0109. The van der Waals surface area contributed by atoms with Gasteiger partial charge in [-0.15, -0.1) is 0 Å². The quantitative estimate of drug-likeness (QED) is 0.229. The summed E-state index contributed by atoms with van der Waals surface area (Å²) in [6, 6.07) is 0. The second-order valence-corrected chi connectivity index (χ2v) is 8.63. The number of ether oxygens (including phenoxy) is 5. The fraction of sp³-hybridized carbons (Fsp3) is 0.500. The largest absolute Gasteiger partial charge is 0.478 e. The van der Waals surface area contributed by atoms with E-state index < -0.39 is 72.7 Å². The molecule has 0 unspecified atom stereocenters. The molecule has 8 atom stereocenters. The van der Waals surface area contributed by atoms with Crippen molar-refractivity contribution in [1.82, 2.24) is 0 Å². The first-order valence-corrected chi connectivity index (χ1v) is 11.4. The Kier molecular flexibility index (Phi) is 7.41. The molecule has 0 amide bonds. The molecule has 0 aromatic heterocycles. The molecule has 0 bridgehead atoms. The molecule has 194 valence electrons. The van der Waals surface area contributed by atoms with Crippen LogP contribution in [0.5, 0.6) is 0 Å². The maximum absolute atomic E-state index is 12.3. The zero-order valence-corrected chi connectivity index (χ0v) is 19.4. The van der Waals surface area contributed by atoms with Gasteiger partial charge in [-0.3, -0.25) is 0 Å². The molecule has 0 aromatic rings. The van der Waals surface area contributed by atoms with Crippen LogP contribution >= 0.6 is 0 Å². The van der Waals surface area contributed by atoms with E-state index in [0.29, 0.717) is 0 Å². The van der Waals surface area contributed by atoms with Crippen LogP contribution in [-0.2, 0) is 42.9 Å². The van der Waals surface area contributed by atoms with E-state index in [0.717, 1.165) is 6.08 Å². The van der Waals surface area contributed by atoms with Gasteiger partial charge in [-0.2, -0.15) is 0 Å². The highest BCUT2D eigenvalue weighted by Gasteiger charge is 2.47. The van der Waals surface area contributed by atoms with Crippen molar-refractivity contribution >= 4 is 23.9 Å². The number of aliphatic hydroxyl groups is 2. The van der Waals surface area contributed by atoms with E-state index in [-0.39, 0.29) is 29.7 Å². The molecule has 4 aliphatic rings. The average molecular weight is 506 g/mol. The van der Waals surface area contributed by atoms with Gasteiger partial charge in [0.2, 0.25) is 0 Å². The summed E-state index contributed by atoms with van der Waals surface area (Å²) in [4.78, 5) is 47.8. The number of aliphatic carboxylic acids is 1. The first kappa shape index (κ1) is 25.8. The number of carboxylic acid groups (broad SMARTS) is 1. The number of rotatable bonds is 7. The molecule has 4 rings (SSSR count). The monoisotopic (exact) mass is 506 g/mol. The normalized spacial score (nSPS) is 35.9. The van der Waals surface area contributed by atoms with E-state index in [1.807, 2.05) is 0 Å². The van der Waals surface area contributed by atoms with Gasteiger partial charge in [0.05, 0.1) is 17.8 Å². The Balaban J connectivity index is 1.52. The molecule has 0 saturated carbocycles. The van der Waals surface area contributed by atoms with Gasteiger partial charge in [0, 0.05) is 18.1 Å². The summed E-state index contributed by atoms with van der Waals surface area (Å²) in [7, 11) is 0. The van der Waals surface area contributed by atoms with Crippen molar-refractivity contribution in [2.75, 3.05) is 6.61 Å². The minimum absolute atomic E-state index is 0.0370. The third-order valence-electron chi connectivity index (χ3n) is 6.15. The van der Waals surface area contributed by atoms with E-state index >= 15 is 0 Å². The fourth-order valence-electron chi connectivity index (χ4n) is 4.43. The van der Waals surface area contributed by atoms with Gasteiger partial charge in [0.1, 0.15) is 48.8 Å². The number of hydrogen-bond donors (Lipinski definition) is 3. The first-order valence-electron chi connectivity index (χ1n) is 11.4. The molecule has 12 nitrogen and oxygen atoms in total. The van der Waals surface area contributed by atoms with E-state index in [9.17, 15) is 34.5 Å². The van der Waals surface area contributed by atoms with Crippen molar-refractivity contribution in [1.29, 1.82) is 0 Å². The molecule has 0 aliphatic carbocycles. The number of carbonyl (C=O) groups is 4. The minimum atomic E-state index is -1.34. The summed E-state index contributed by atoms with van der Waals surface area (Å²) in [6.45, 7) is 3.42. The lowest BCUT2D eigenvalue weighted by molar-refractivity contribution is -0.142. The molecule has 0 spiro atoms. The number of aliphatic hydroxyl groups excluding tert-OH is 2. The number of cyclic esters (lactones) is 2. The van der Waals surface area contributed by atoms with Crippen LogP contribution < -0.4 is 0 Å². The van der Waals surface area contributed by atoms with E-state index in [1.165, 1.54) is 24.3 Å². The standard InChI is InChI=1S/C24H26O12/c1-3-32-19(27)5-4-16-14(25)9-13-21(34-16)18(36-24(13)31)7-11(22(28)29)6-17-15(26)8-12-20(35-17)10(2)33-23(12)30/h4-6,8-10,14-18,20-21,25-26H,3,7H2,1-2H3,(H,28,29)/b5-4-,11-6-/t10-,14+,15+,16+,17+,18-,20+,21-/m0/s1. The lowest BCUT2D eigenvalue weighted by Crippen LogP contribution is -2.41. The van der Waals surface area contributed by atoms with Crippen LogP contribution in [-0.4, -0.2) is 94.6 Å². The highest BCUT2D eigenvalue weighted by atomic mass is 16.6. The van der Waals surface area contributed by atoms with Gasteiger partial charge in [-0.05, 0) is 38.2 Å². The van der Waals surface area contributed by atoms with E-state index in [1.54, 1.807) is 13.8 Å². The van der Waals surface area contributed by atoms with Crippen LogP contribution in [0.4, 0.5) is 0 Å². The fourth-order valence-corrected chi connectivity index (χ4v) is 4.43. The highest BCUT2D eigenvalue weighted by Crippen LogP contribution is 2.35. The van der Waals surface area contributed by atoms with Crippen LogP contribution in [0.3, 0.4) is 0 Å². The summed E-state index contributed by atoms with van der Waals surface area (Å²) in [5, 5.41) is 30.5. The molecular weight excluding hydrogens is 480 g/mol. The zero-order chi connectivity index (χ0) is 26.1. The maximum Gasteiger partial charge on any atom is 0.336 e. The van der Waals surface area contributed by atoms with E-state index in [4.69, 9.17) is 23.7 Å². The van der Waals surface area contributed by atoms with Crippen LogP contribution in [0.2, 0.25) is 0 Å². The van der Waals surface area contributed by atoms with Crippen molar-refractivity contribution < 1.29 is 58.2 Å². The van der Waals surface area contributed by atoms with Crippen molar-refractivity contribution in [2.24, 2.45) is 0 Å². The smallest absolute Gasteiger partial charge is 0.336 e. The number of hydrogen-bond acceptors (Lipinski definition) is 11. The Hall–Kier alpha value is -3.32.